The molecule has 2 heterocycles. The van der Waals surface area contributed by atoms with Crippen LogP contribution in [0.15, 0.2) is 70.8 Å². The van der Waals surface area contributed by atoms with Crippen molar-refractivity contribution in [2.45, 2.75) is 12.3 Å². The van der Waals surface area contributed by atoms with Crippen molar-refractivity contribution in [2.75, 3.05) is 13.2 Å². The quantitative estimate of drug-likeness (QED) is 0.733. The topological polar surface area (TPSA) is 40.5 Å². The molecule has 1 aliphatic rings. The van der Waals surface area contributed by atoms with E-state index >= 15 is 0 Å². The minimum atomic E-state index is -0.834. The highest BCUT2D eigenvalue weighted by atomic mass is 32.1. The number of benzene rings is 2. The average molecular weight is 339 g/mol. The summed E-state index contributed by atoms with van der Waals surface area (Å²) in [5.41, 5.74) is 3.06. The van der Waals surface area contributed by atoms with Crippen LogP contribution < -0.4 is 5.56 Å². The van der Waals surface area contributed by atoms with Gasteiger partial charge in [0, 0.05) is 22.6 Å². The molecule has 1 aliphatic heterocycles. The van der Waals surface area contributed by atoms with Gasteiger partial charge in [-0.1, -0.05) is 66.1 Å². The number of hydrogen-bond donors (Lipinski definition) is 0. The lowest BCUT2D eigenvalue weighted by molar-refractivity contribution is -0.129. The van der Waals surface area contributed by atoms with Crippen LogP contribution in [0.1, 0.15) is 16.7 Å². The lowest BCUT2D eigenvalue weighted by Gasteiger charge is -2.28. The number of rotatable bonds is 4. The van der Waals surface area contributed by atoms with Crippen LogP contribution in [0, 0.1) is 0 Å². The molecule has 0 atom stereocenters. The molecule has 1 saturated heterocycles. The van der Waals surface area contributed by atoms with Crippen molar-refractivity contribution in [1.29, 1.82) is 0 Å². The van der Waals surface area contributed by atoms with Gasteiger partial charge in [0.1, 0.15) is 0 Å². The van der Waals surface area contributed by atoms with Gasteiger partial charge < -0.3 is 9.47 Å². The van der Waals surface area contributed by atoms with E-state index in [1.807, 2.05) is 54.6 Å². The molecule has 5 heteroatoms. The first-order valence-electron chi connectivity index (χ1n) is 7.86. The van der Waals surface area contributed by atoms with Crippen LogP contribution >= 0.6 is 11.5 Å². The van der Waals surface area contributed by atoms with E-state index in [0.717, 1.165) is 16.7 Å². The van der Waals surface area contributed by atoms with Crippen LogP contribution in [0.5, 0.6) is 0 Å². The Balaban J connectivity index is 1.65. The Kier molecular flexibility index (Phi) is 4.06. The van der Waals surface area contributed by atoms with Gasteiger partial charge in [-0.3, -0.25) is 8.75 Å². The Morgan fingerprint density at radius 1 is 0.917 bits per heavy atom. The number of hydrogen-bond acceptors (Lipinski definition) is 4. The molecule has 24 heavy (non-hydrogen) atoms. The maximum atomic E-state index is 11.7. The Labute approximate surface area is 144 Å². The number of nitrogens with zero attached hydrogens (tertiary/aromatic N) is 1. The van der Waals surface area contributed by atoms with E-state index in [9.17, 15) is 4.79 Å². The zero-order chi connectivity index (χ0) is 16.4. The van der Waals surface area contributed by atoms with E-state index in [4.69, 9.17) is 9.47 Å². The zero-order valence-electron chi connectivity index (χ0n) is 13.1. The molecule has 0 spiro atoms. The molecule has 0 radical (unpaired) electrons. The van der Waals surface area contributed by atoms with Crippen molar-refractivity contribution in [2.24, 2.45) is 0 Å². The molecule has 0 saturated carbocycles. The lowest BCUT2D eigenvalue weighted by atomic mass is 9.96. The van der Waals surface area contributed by atoms with Gasteiger partial charge in [0.05, 0.1) is 19.8 Å². The molecule has 4 nitrogen and oxygen atoms in total. The first-order valence-corrected chi connectivity index (χ1v) is 8.69. The predicted octanol–water partition coefficient (Wildman–Crippen LogP) is 3.21. The van der Waals surface area contributed by atoms with Crippen molar-refractivity contribution < 1.29 is 9.47 Å². The molecule has 0 amide bonds. The largest absolute Gasteiger partial charge is 0.340 e. The fourth-order valence-electron chi connectivity index (χ4n) is 2.98. The van der Waals surface area contributed by atoms with E-state index < -0.39 is 5.79 Å². The van der Waals surface area contributed by atoms with Gasteiger partial charge in [-0.25, -0.2) is 0 Å². The summed E-state index contributed by atoms with van der Waals surface area (Å²) in [6, 6.07) is 19.7. The predicted molar refractivity (Wildman–Crippen MR) is 93.2 cm³/mol. The Morgan fingerprint density at radius 3 is 2.21 bits per heavy atom. The van der Waals surface area contributed by atoms with Crippen LogP contribution in [0.4, 0.5) is 0 Å². The summed E-state index contributed by atoms with van der Waals surface area (Å²) < 4.78 is 13.7. The fraction of sp³-hybridized carbons (Fsp3) is 0.211. The van der Waals surface area contributed by atoms with Crippen LogP contribution in [0.25, 0.3) is 0 Å². The Morgan fingerprint density at radius 2 is 1.58 bits per heavy atom. The highest BCUT2D eigenvalue weighted by Crippen LogP contribution is 2.38. The molecule has 122 valence electrons. The van der Waals surface area contributed by atoms with Gasteiger partial charge >= 0.3 is 0 Å². The van der Waals surface area contributed by atoms with E-state index in [-0.39, 0.29) is 5.56 Å². The van der Waals surface area contributed by atoms with Crippen molar-refractivity contribution in [3.63, 3.8) is 0 Å². The molecule has 0 unspecified atom stereocenters. The maximum absolute atomic E-state index is 11.7. The molecule has 1 aromatic heterocycles. The monoisotopic (exact) mass is 339 g/mol. The standard InChI is InChI=1S/C19H17NO3S/c21-18-10-13-24-20(18)14-15-6-8-17(9-7-15)19(22-11-12-23-19)16-4-2-1-3-5-16/h1-10,13H,11-12,14H2. The number of aromatic nitrogens is 1. The van der Waals surface area contributed by atoms with Crippen LogP contribution in [0.3, 0.4) is 0 Å². The highest BCUT2D eigenvalue weighted by molar-refractivity contribution is 7.04. The normalized spacial score (nSPS) is 16.3. The zero-order valence-corrected chi connectivity index (χ0v) is 13.9. The van der Waals surface area contributed by atoms with Gasteiger partial charge in [-0.2, -0.15) is 0 Å². The van der Waals surface area contributed by atoms with Crippen molar-refractivity contribution in [1.82, 2.24) is 3.96 Å². The smallest absolute Gasteiger partial charge is 0.260 e. The van der Waals surface area contributed by atoms with E-state index in [2.05, 4.69) is 0 Å². The minimum Gasteiger partial charge on any atom is -0.340 e. The molecule has 2 aromatic carbocycles. The van der Waals surface area contributed by atoms with Gasteiger partial charge in [0.25, 0.3) is 5.56 Å². The van der Waals surface area contributed by atoms with Gasteiger partial charge in [-0.05, 0) is 5.56 Å². The second kappa shape index (κ2) is 6.36. The molecule has 0 N–H and O–H groups in total. The second-order valence-corrected chi connectivity index (χ2v) is 6.58. The third kappa shape index (κ3) is 2.71. The molecule has 3 aromatic rings. The summed E-state index contributed by atoms with van der Waals surface area (Å²) in [6.07, 6.45) is 0. The van der Waals surface area contributed by atoms with Gasteiger partial charge in [0.15, 0.2) is 0 Å². The molecule has 0 bridgehead atoms. The third-order valence-electron chi connectivity index (χ3n) is 4.15. The average Bonchev–Trinajstić information content (AvgIpc) is 3.27. The second-order valence-electron chi connectivity index (χ2n) is 5.66. The molecule has 1 fully saturated rings. The SMILES string of the molecule is O=c1ccsn1Cc1ccc(C2(c3ccccc3)OCCO2)cc1. The molecular formula is C19H17NO3S. The Hall–Kier alpha value is -2.21. The highest BCUT2D eigenvalue weighted by Gasteiger charge is 2.40. The summed E-state index contributed by atoms with van der Waals surface area (Å²) in [7, 11) is 0. The van der Waals surface area contributed by atoms with Gasteiger partial charge in [-0.15, -0.1) is 0 Å². The van der Waals surface area contributed by atoms with Crippen molar-refractivity contribution in [3.05, 3.63) is 93.1 Å². The first-order chi connectivity index (χ1) is 11.8. The summed E-state index contributed by atoms with van der Waals surface area (Å²) in [5, 5.41) is 1.81. The van der Waals surface area contributed by atoms with Crippen LogP contribution in [-0.4, -0.2) is 17.2 Å². The fourth-order valence-corrected chi connectivity index (χ4v) is 3.69. The van der Waals surface area contributed by atoms with Crippen LogP contribution in [0.2, 0.25) is 0 Å². The van der Waals surface area contributed by atoms with E-state index in [1.54, 1.807) is 15.4 Å². The third-order valence-corrected chi connectivity index (χ3v) is 4.97. The minimum absolute atomic E-state index is 0.0345. The van der Waals surface area contributed by atoms with E-state index in [0.29, 0.717) is 19.8 Å². The lowest BCUT2D eigenvalue weighted by Crippen LogP contribution is -2.28. The first kappa shape index (κ1) is 15.3. The molecular weight excluding hydrogens is 322 g/mol. The van der Waals surface area contributed by atoms with Crippen molar-refractivity contribution >= 4 is 11.5 Å². The van der Waals surface area contributed by atoms with Crippen molar-refractivity contribution in [3.8, 4) is 0 Å². The summed E-state index contributed by atoms with van der Waals surface area (Å²) in [4.78, 5) is 11.7. The summed E-state index contributed by atoms with van der Waals surface area (Å²) in [5.74, 6) is -0.834. The Bertz CT molecular complexity index is 861. The molecule has 0 aliphatic carbocycles. The van der Waals surface area contributed by atoms with Crippen LogP contribution in [-0.2, 0) is 21.8 Å². The summed E-state index contributed by atoms with van der Waals surface area (Å²) >= 11 is 1.42. The van der Waals surface area contributed by atoms with Gasteiger partial charge in [0.2, 0.25) is 5.79 Å². The molecule has 4 rings (SSSR count). The maximum Gasteiger partial charge on any atom is 0.260 e. The van der Waals surface area contributed by atoms with E-state index in [1.165, 1.54) is 11.5 Å². The summed E-state index contributed by atoms with van der Waals surface area (Å²) in [6.45, 7) is 1.72. The number of ether oxygens (including phenoxy) is 2.